The van der Waals surface area contributed by atoms with E-state index in [1.807, 2.05) is 6.92 Å². The van der Waals surface area contributed by atoms with E-state index >= 15 is 0 Å². The minimum Gasteiger partial charge on any atom is -0.453 e. The van der Waals surface area contributed by atoms with Crippen LogP contribution in [-0.4, -0.2) is 13.3 Å². The zero-order valence-electron chi connectivity index (χ0n) is 7.92. The lowest BCUT2D eigenvalue weighted by molar-refractivity contribution is 0.170. The second-order valence-corrected chi connectivity index (χ2v) is 3.34. The largest absolute Gasteiger partial charge is 0.453 e. The van der Waals surface area contributed by atoms with Crippen LogP contribution in [0.1, 0.15) is 18.4 Å². The molecule has 2 N–H and O–H groups in total. The van der Waals surface area contributed by atoms with Crippen LogP contribution in [0.15, 0.2) is 12.1 Å². The summed E-state index contributed by atoms with van der Waals surface area (Å²) in [5.74, 6) is 0.320. The van der Waals surface area contributed by atoms with Crippen LogP contribution in [0.3, 0.4) is 0 Å². The zero-order valence-corrected chi connectivity index (χ0v) is 7.92. The van der Waals surface area contributed by atoms with Crippen molar-refractivity contribution in [1.82, 2.24) is 0 Å². The molecule has 76 valence electrons. The second-order valence-electron chi connectivity index (χ2n) is 3.34. The number of rotatable bonds is 2. The quantitative estimate of drug-likeness (QED) is 0.783. The van der Waals surface area contributed by atoms with Gasteiger partial charge >= 0.3 is 0 Å². The molecule has 2 rings (SSSR count). The minimum atomic E-state index is -0.349. The summed E-state index contributed by atoms with van der Waals surface area (Å²) in [6, 6.07) is 3.41. The molecule has 0 fully saturated rings. The fraction of sp³-hybridized carbons (Fsp3) is 0.400. The maximum atomic E-state index is 13.8. The monoisotopic (exact) mass is 197 g/mol. The smallest absolute Gasteiger partial charge is 0.231 e. The molecule has 0 amide bonds. The van der Waals surface area contributed by atoms with E-state index in [1.54, 1.807) is 12.1 Å². The summed E-state index contributed by atoms with van der Waals surface area (Å²) < 4.78 is 23.8. The van der Waals surface area contributed by atoms with Crippen LogP contribution >= 0.6 is 0 Å². The highest BCUT2D eigenvalue weighted by molar-refractivity contribution is 5.46. The van der Waals surface area contributed by atoms with Crippen molar-refractivity contribution in [3.8, 4) is 11.5 Å². The Morgan fingerprint density at radius 2 is 2.29 bits per heavy atom. The van der Waals surface area contributed by atoms with Gasteiger partial charge < -0.3 is 15.2 Å². The molecule has 0 spiro atoms. The molecule has 0 saturated heterocycles. The molecule has 1 aliphatic heterocycles. The molecule has 4 heteroatoms. The molecule has 1 aromatic carbocycles. The lowest BCUT2D eigenvalue weighted by Gasteiger charge is -2.10. The van der Waals surface area contributed by atoms with Gasteiger partial charge in [-0.25, -0.2) is 4.39 Å². The van der Waals surface area contributed by atoms with Gasteiger partial charge in [0.2, 0.25) is 12.5 Å². The number of hydrogen-bond acceptors (Lipinski definition) is 3. The van der Waals surface area contributed by atoms with E-state index in [1.165, 1.54) is 0 Å². The third-order valence-corrected chi connectivity index (χ3v) is 2.39. The van der Waals surface area contributed by atoms with Gasteiger partial charge in [-0.15, -0.1) is 0 Å². The Morgan fingerprint density at radius 1 is 1.50 bits per heavy atom. The predicted octanol–water partition coefficient (Wildman–Crippen LogP) is 1.62. The van der Waals surface area contributed by atoms with Crippen LogP contribution in [0.5, 0.6) is 11.5 Å². The highest BCUT2D eigenvalue weighted by Crippen LogP contribution is 2.38. The van der Waals surface area contributed by atoms with Crippen LogP contribution in [-0.2, 0) is 0 Å². The summed E-state index contributed by atoms with van der Waals surface area (Å²) in [7, 11) is 0. The summed E-state index contributed by atoms with van der Waals surface area (Å²) in [6.07, 6.45) is 0. The predicted molar refractivity (Wildman–Crippen MR) is 50.0 cm³/mol. The van der Waals surface area contributed by atoms with E-state index in [0.29, 0.717) is 17.9 Å². The fourth-order valence-electron chi connectivity index (χ4n) is 1.46. The first-order valence-electron chi connectivity index (χ1n) is 4.52. The van der Waals surface area contributed by atoms with Crippen LogP contribution in [0, 0.1) is 5.82 Å². The summed E-state index contributed by atoms with van der Waals surface area (Å²) in [4.78, 5) is 0. The maximum absolute atomic E-state index is 13.8. The van der Waals surface area contributed by atoms with Crippen LogP contribution in [0.4, 0.5) is 4.39 Å². The first-order chi connectivity index (χ1) is 6.74. The third-order valence-electron chi connectivity index (χ3n) is 2.39. The molecule has 0 bridgehead atoms. The number of ether oxygens (including phenoxy) is 2. The van der Waals surface area contributed by atoms with Gasteiger partial charge in [0.05, 0.1) is 0 Å². The average molecular weight is 197 g/mol. The van der Waals surface area contributed by atoms with Crippen LogP contribution < -0.4 is 15.2 Å². The van der Waals surface area contributed by atoms with E-state index in [-0.39, 0.29) is 24.3 Å². The molecule has 0 aliphatic carbocycles. The second kappa shape index (κ2) is 3.46. The Kier molecular flexibility index (Phi) is 2.29. The number of halogens is 1. The number of fused-ring (bicyclic) bond motifs is 1. The first kappa shape index (κ1) is 9.27. The Morgan fingerprint density at radius 3 is 3.00 bits per heavy atom. The molecule has 1 heterocycles. The van der Waals surface area contributed by atoms with Gasteiger partial charge in [0.15, 0.2) is 11.6 Å². The van der Waals surface area contributed by atoms with Crippen molar-refractivity contribution in [2.24, 2.45) is 5.73 Å². The van der Waals surface area contributed by atoms with Crippen LogP contribution in [0.2, 0.25) is 0 Å². The molecule has 0 aromatic heterocycles. The van der Waals surface area contributed by atoms with E-state index < -0.39 is 0 Å². The Labute approximate surface area is 81.6 Å². The molecule has 14 heavy (non-hydrogen) atoms. The van der Waals surface area contributed by atoms with Crippen molar-refractivity contribution in [1.29, 1.82) is 0 Å². The Bertz CT molecular complexity index is 354. The Balaban J connectivity index is 2.44. The van der Waals surface area contributed by atoms with E-state index in [0.717, 1.165) is 0 Å². The van der Waals surface area contributed by atoms with Gasteiger partial charge in [0.1, 0.15) is 0 Å². The molecule has 1 unspecified atom stereocenters. The van der Waals surface area contributed by atoms with Crippen molar-refractivity contribution in [3.63, 3.8) is 0 Å². The minimum absolute atomic E-state index is 0.00972. The van der Waals surface area contributed by atoms with E-state index in [4.69, 9.17) is 15.2 Å². The standard InChI is InChI=1S/C10H12FNO2/c1-6(4-12)7-2-3-8-10(9(7)11)14-5-13-8/h2-3,6H,4-5,12H2,1H3. The lowest BCUT2D eigenvalue weighted by atomic mass is 10.0. The topological polar surface area (TPSA) is 44.5 Å². The molecule has 0 saturated carbocycles. The van der Waals surface area contributed by atoms with Crippen molar-refractivity contribution in [2.75, 3.05) is 13.3 Å². The number of hydrogen-bond donors (Lipinski definition) is 1. The van der Waals surface area contributed by atoms with Gasteiger partial charge in [-0.3, -0.25) is 0 Å². The van der Waals surface area contributed by atoms with E-state index in [9.17, 15) is 4.39 Å². The number of benzene rings is 1. The number of nitrogens with two attached hydrogens (primary N) is 1. The molecule has 0 radical (unpaired) electrons. The third kappa shape index (κ3) is 1.32. The Hall–Kier alpha value is -1.29. The van der Waals surface area contributed by atoms with Crippen molar-refractivity contribution >= 4 is 0 Å². The SMILES string of the molecule is CC(CN)c1ccc2c(c1F)OCO2. The average Bonchev–Trinajstić information content (AvgIpc) is 2.66. The van der Waals surface area contributed by atoms with Gasteiger partial charge in [0.25, 0.3) is 0 Å². The highest BCUT2D eigenvalue weighted by atomic mass is 19.1. The van der Waals surface area contributed by atoms with Crippen molar-refractivity contribution < 1.29 is 13.9 Å². The highest BCUT2D eigenvalue weighted by Gasteiger charge is 2.22. The van der Waals surface area contributed by atoms with Crippen LogP contribution in [0.25, 0.3) is 0 Å². The van der Waals surface area contributed by atoms with Gasteiger partial charge in [-0.1, -0.05) is 13.0 Å². The summed E-state index contributed by atoms with van der Waals surface area (Å²) in [5, 5.41) is 0. The fourth-order valence-corrected chi connectivity index (χ4v) is 1.46. The molecular weight excluding hydrogens is 185 g/mol. The first-order valence-corrected chi connectivity index (χ1v) is 4.52. The zero-order chi connectivity index (χ0) is 10.1. The normalized spacial score (nSPS) is 15.6. The summed E-state index contributed by atoms with van der Waals surface area (Å²) in [6.45, 7) is 2.38. The summed E-state index contributed by atoms with van der Waals surface area (Å²) >= 11 is 0. The molecule has 1 aromatic rings. The molecular formula is C10H12FNO2. The maximum Gasteiger partial charge on any atom is 0.231 e. The lowest BCUT2D eigenvalue weighted by Crippen LogP contribution is -2.10. The van der Waals surface area contributed by atoms with E-state index in [2.05, 4.69) is 0 Å². The van der Waals surface area contributed by atoms with Crippen molar-refractivity contribution in [2.45, 2.75) is 12.8 Å². The molecule has 3 nitrogen and oxygen atoms in total. The van der Waals surface area contributed by atoms with Gasteiger partial charge in [-0.05, 0) is 24.1 Å². The van der Waals surface area contributed by atoms with Crippen molar-refractivity contribution in [3.05, 3.63) is 23.5 Å². The molecule has 1 atom stereocenters. The molecule has 1 aliphatic rings. The summed E-state index contributed by atoms with van der Waals surface area (Å²) in [5.41, 5.74) is 6.06. The van der Waals surface area contributed by atoms with Gasteiger partial charge in [-0.2, -0.15) is 0 Å². The van der Waals surface area contributed by atoms with Gasteiger partial charge in [0, 0.05) is 0 Å².